The van der Waals surface area contributed by atoms with E-state index in [-0.39, 0.29) is 5.78 Å². The third kappa shape index (κ3) is 1.72. The Hall–Kier alpha value is -1.66. The van der Waals surface area contributed by atoms with Gasteiger partial charge in [-0.15, -0.1) is 0 Å². The van der Waals surface area contributed by atoms with Crippen LogP contribution in [0.3, 0.4) is 0 Å². The molecule has 0 bridgehead atoms. The van der Waals surface area contributed by atoms with E-state index in [2.05, 4.69) is 6.07 Å². The van der Waals surface area contributed by atoms with E-state index in [1.54, 1.807) is 18.2 Å². The molecular formula is C13H14N2O. The van der Waals surface area contributed by atoms with Crippen LogP contribution >= 0.6 is 0 Å². The predicted molar refractivity (Wildman–Crippen MR) is 60.5 cm³/mol. The minimum atomic E-state index is -0.870. The minimum absolute atomic E-state index is 0.0915. The summed E-state index contributed by atoms with van der Waals surface area (Å²) in [4.78, 5) is 11.9. The molecule has 3 heteroatoms. The predicted octanol–water partition coefficient (Wildman–Crippen LogP) is 1.86. The second-order valence-electron chi connectivity index (χ2n) is 4.29. The number of hydrogen-bond acceptors (Lipinski definition) is 3. The number of rotatable bonds is 1. The zero-order valence-electron chi connectivity index (χ0n) is 9.07. The van der Waals surface area contributed by atoms with Gasteiger partial charge in [0.15, 0.2) is 5.78 Å². The molecule has 0 radical (unpaired) electrons. The molecule has 1 atom stereocenters. The smallest absolute Gasteiger partial charge is 0.157 e. The molecule has 3 nitrogen and oxygen atoms in total. The van der Waals surface area contributed by atoms with Crippen LogP contribution in [0.1, 0.15) is 36.8 Å². The van der Waals surface area contributed by atoms with Crippen molar-refractivity contribution in [2.45, 2.75) is 31.2 Å². The van der Waals surface area contributed by atoms with E-state index in [1.165, 1.54) is 0 Å². The van der Waals surface area contributed by atoms with Gasteiger partial charge in [0.2, 0.25) is 0 Å². The first-order valence-electron chi connectivity index (χ1n) is 5.49. The van der Waals surface area contributed by atoms with Gasteiger partial charge in [0, 0.05) is 6.42 Å². The molecule has 1 aromatic carbocycles. The highest BCUT2D eigenvalue weighted by Crippen LogP contribution is 2.32. The summed E-state index contributed by atoms with van der Waals surface area (Å²) in [7, 11) is 0. The molecule has 0 spiro atoms. The number of Topliss-reactive ketones (excluding diaryl/α,β-unsaturated/α-hetero) is 1. The van der Waals surface area contributed by atoms with Crippen LogP contribution in [0.4, 0.5) is 0 Å². The van der Waals surface area contributed by atoms with Gasteiger partial charge in [-0.1, -0.05) is 18.6 Å². The molecule has 1 aromatic rings. The molecule has 1 aliphatic carbocycles. The van der Waals surface area contributed by atoms with Gasteiger partial charge in [-0.05, 0) is 30.5 Å². The molecule has 0 saturated heterocycles. The summed E-state index contributed by atoms with van der Waals surface area (Å²) in [5.41, 5.74) is 6.65. The molecule has 0 amide bonds. The van der Waals surface area contributed by atoms with Crippen molar-refractivity contribution in [2.75, 3.05) is 0 Å². The third-order valence-electron chi connectivity index (χ3n) is 3.23. The summed E-state index contributed by atoms with van der Waals surface area (Å²) < 4.78 is 0. The first-order chi connectivity index (χ1) is 7.66. The average Bonchev–Trinajstić information content (AvgIpc) is 2.33. The standard InChI is InChI=1S/C13H14N2O/c14-9-10-4-3-5-11(8-10)13(15)7-2-1-6-12(13)16/h3-5,8H,1-2,6-7,15H2. The Labute approximate surface area is 94.9 Å². The maximum Gasteiger partial charge on any atom is 0.157 e. The SMILES string of the molecule is N#Cc1cccc(C2(N)CCCCC2=O)c1. The van der Waals surface area contributed by atoms with Gasteiger partial charge in [0.05, 0.1) is 11.6 Å². The fraction of sp³-hybridized carbons (Fsp3) is 0.385. The molecule has 0 heterocycles. The van der Waals surface area contributed by atoms with Crippen molar-refractivity contribution in [3.63, 3.8) is 0 Å². The highest BCUT2D eigenvalue weighted by atomic mass is 16.1. The molecule has 82 valence electrons. The maximum absolute atomic E-state index is 11.9. The topological polar surface area (TPSA) is 66.9 Å². The van der Waals surface area contributed by atoms with Gasteiger partial charge in [0.25, 0.3) is 0 Å². The highest BCUT2D eigenvalue weighted by Gasteiger charge is 2.37. The minimum Gasteiger partial charge on any atom is -0.315 e. The monoisotopic (exact) mass is 214 g/mol. The first kappa shape index (κ1) is 10.8. The maximum atomic E-state index is 11.9. The summed E-state index contributed by atoms with van der Waals surface area (Å²) in [6.45, 7) is 0. The second kappa shape index (κ2) is 4.07. The van der Waals surface area contributed by atoms with Gasteiger partial charge < -0.3 is 5.73 Å². The number of ketones is 1. The Balaban J connectivity index is 2.42. The Morgan fingerprint density at radius 2 is 2.19 bits per heavy atom. The second-order valence-corrected chi connectivity index (χ2v) is 4.29. The zero-order valence-corrected chi connectivity index (χ0v) is 9.07. The summed E-state index contributed by atoms with van der Waals surface area (Å²) >= 11 is 0. The van der Waals surface area contributed by atoms with Crippen molar-refractivity contribution < 1.29 is 4.79 Å². The molecule has 0 aliphatic heterocycles. The lowest BCUT2D eigenvalue weighted by molar-refractivity contribution is -0.126. The molecule has 1 unspecified atom stereocenters. The van der Waals surface area contributed by atoms with E-state index in [9.17, 15) is 4.79 Å². The third-order valence-corrected chi connectivity index (χ3v) is 3.23. The summed E-state index contributed by atoms with van der Waals surface area (Å²) in [6, 6.07) is 9.14. The van der Waals surface area contributed by atoms with Crippen LogP contribution in [0.2, 0.25) is 0 Å². The summed E-state index contributed by atoms with van der Waals surface area (Å²) in [5.74, 6) is 0.0915. The summed E-state index contributed by atoms with van der Waals surface area (Å²) in [5, 5.41) is 8.83. The number of nitrogens with zero attached hydrogens (tertiary/aromatic N) is 1. The van der Waals surface area contributed by atoms with E-state index in [4.69, 9.17) is 11.0 Å². The van der Waals surface area contributed by atoms with Gasteiger partial charge in [0.1, 0.15) is 5.54 Å². The molecule has 16 heavy (non-hydrogen) atoms. The van der Waals surface area contributed by atoms with Crippen LogP contribution in [-0.4, -0.2) is 5.78 Å². The molecule has 2 N–H and O–H groups in total. The van der Waals surface area contributed by atoms with E-state index < -0.39 is 5.54 Å². The molecule has 0 aromatic heterocycles. The van der Waals surface area contributed by atoms with Crippen molar-refractivity contribution in [2.24, 2.45) is 5.73 Å². The number of hydrogen-bond donors (Lipinski definition) is 1. The number of nitriles is 1. The Morgan fingerprint density at radius 1 is 1.38 bits per heavy atom. The van der Waals surface area contributed by atoms with Crippen LogP contribution in [0.15, 0.2) is 24.3 Å². The fourth-order valence-electron chi connectivity index (χ4n) is 2.22. The number of carbonyl (C=O) groups is 1. The van der Waals surface area contributed by atoms with Gasteiger partial charge in [-0.2, -0.15) is 5.26 Å². The van der Waals surface area contributed by atoms with Crippen molar-refractivity contribution in [1.82, 2.24) is 0 Å². The molecular weight excluding hydrogens is 200 g/mol. The highest BCUT2D eigenvalue weighted by molar-refractivity contribution is 5.90. The van der Waals surface area contributed by atoms with Gasteiger partial charge in [-0.25, -0.2) is 0 Å². The van der Waals surface area contributed by atoms with Crippen molar-refractivity contribution >= 4 is 5.78 Å². The van der Waals surface area contributed by atoms with Crippen LogP contribution in [0, 0.1) is 11.3 Å². The number of nitrogens with two attached hydrogens (primary N) is 1. The van der Waals surface area contributed by atoms with Gasteiger partial charge in [-0.3, -0.25) is 4.79 Å². The lowest BCUT2D eigenvalue weighted by atomic mass is 9.76. The van der Waals surface area contributed by atoms with Crippen LogP contribution in [0.25, 0.3) is 0 Å². The van der Waals surface area contributed by atoms with E-state index in [0.717, 1.165) is 18.4 Å². The first-order valence-corrected chi connectivity index (χ1v) is 5.49. The van der Waals surface area contributed by atoms with Gasteiger partial charge >= 0.3 is 0 Å². The fourth-order valence-corrected chi connectivity index (χ4v) is 2.22. The Kier molecular flexibility index (Phi) is 2.76. The van der Waals surface area contributed by atoms with Crippen molar-refractivity contribution in [3.05, 3.63) is 35.4 Å². The van der Waals surface area contributed by atoms with Crippen molar-refractivity contribution in [1.29, 1.82) is 5.26 Å². The normalized spacial score (nSPS) is 25.1. The average molecular weight is 214 g/mol. The van der Waals surface area contributed by atoms with E-state index in [0.29, 0.717) is 18.4 Å². The Morgan fingerprint density at radius 3 is 2.88 bits per heavy atom. The number of benzene rings is 1. The zero-order chi connectivity index (χ0) is 11.6. The molecule has 2 rings (SSSR count). The largest absolute Gasteiger partial charge is 0.315 e. The van der Waals surface area contributed by atoms with E-state index >= 15 is 0 Å². The lowest BCUT2D eigenvalue weighted by Gasteiger charge is -2.32. The Bertz CT molecular complexity index is 461. The summed E-state index contributed by atoms with van der Waals surface area (Å²) in [6.07, 6.45) is 3.13. The van der Waals surface area contributed by atoms with Crippen molar-refractivity contribution in [3.8, 4) is 6.07 Å². The van der Waals surface area contributed by atoms with Crippen LogP contribution in [0.5, 0.6) is 0 Å². The quantitative estimate of drug-likeness (QED) is 0.775. The molecule has 1 fully saturated rings. The molecule has 1 aliphatic rings. The number of carbonyl (C=O) groups excluding carboxylic acids is 1. The van der Waals surface area contributed by atoms with Crippen LogP contribution in [-0.2, 0) is 10.3 Å². The molecule has 1 saturated carbocycles. The van der Waals surface area contributed by atoms with E-state index in [1.807, 2.05) is 6.07 Å². The lowest BCUT2D eigenvalue weighted by Crippen LogP contribution is -2.46. The van der Waals surface area contributed by atoms with Crippen LogP contribution < -0.4 is 5.73 Å².